The second kappa shape index (κ2) is 25.5. The van der Waals surface area contributed by atoms with Crippen molar-refractivity contribution in [3.05, 3.63) is 35.9 Å². The number of benzene rings is 1. The Kier molecular flexibility index (Phi) is 22.4. The molecule has 1 aliphatic heterocycles. The molecule has 58 heavy (non-hydrogen) atoms. The fourth-order valence-corrected chi connectivity index (χ4v) is 9.18. The molecule has 1 N–H and O–H groups in total. The maximum atomic E-state index is 14.5. The highest BCUT2D eigenvalue weighted by molar-refractivity contribution is 5.90. The summed E-state index contributed by atoms with van der Waals surface area (Å²) in [6, 6.07) is 8.22. The monoisotopic (exact) mass is 814 g/mol. The lowest BCUT2D eigenvalue weighted by Gasteiger charge is -2.41. The van der Waals surface area contributed by atoms with E-state index in [0.29, 0.717) is 13.0 Å². The Morgan fingerprint density at radius 2 is 1.50 bits per heavy atom. The number of amides is 2. The van der Waals surface area contributed by atoms with Gasteiger partial charge in [-0.2, -0.15) is 0 Å². The molecule has 1 saturated heterocycles. The number of unbranched alkanes of at least 4 members (excludes halogenated alkanes) is 3. The van der Waals surface area contributed by atoms with Crippen molar-refractivity contribution < 1.29 is 38.6 Å². The summed E-state index contributed by atoms with van der Waals surface area (Å²) in [7, 11) is 6.92. The summed E-state index contributed by atoms with van der Waals surface area (Å²) >= 11 is 0. The highest BCUT2D eigenvalue weighted by atomic mass is 16.5. The lowest BCUT2D eigenvalue weighted by atomic mass is 9.83. The minimum atomic E-state index is -1.02. The van der Waals surface area contributed by atoms with E-state index in [-0.39, 0.29) is 78.9 Å². The van der Waals surface area contributed by atoms with Gasteiger partial charge in [-0.25, -0.2) is 0 Å². The standard InChI is InChI=1S/C47H79N3O8/c1-13-15-16-20-25-48(9)43(32(5)6)40(52)29-37(31(3)4)46(54)49(10)44(33(7)14-2)41(57-11)30-42(53)50-26-21-24-38(50)45(58-12)34(8)39(51)28-36(47(55)56)27-35-22-18-17-19-23-35/h17-19,22-23,31-34,36-38,41,43-45H,13-16,20-21,24-30H2,1-12H3,(H,55,56)/t33-,34-,36+,37-,38-,41+,43-,44-,45+/m0/s1. The van der Waals surface area contributed by atoms with E-state index in [0.717, 1.165) is 44.2 Å². The van der Waals surface area contributed by atoms with Crippen molar-refractivity contribution in [2.24, 2.45) is 35.5 Å². The topological polar surface area (TPSA) is 134 Å². The first-order valence-electron chi connectivity index (χ1n) is 22.1. The van der Waals surface area contributed by atoms with Crippen LogP contribution in [0.5, 0.6) is 0 Å². The van der Waals surface area contributed by atoms with E-state index in [1.807, 2.05) is 51.2 Å². The van der Waals surface area contributed by atoms with Crippen LogP contribution in [0.15, 0.2) is 30.3 Å². The highest BCUT2D eigenvalue weighted by Gasteiger charge is 2.43. The summed E-state index contributed by atoms with van der Waals surface area (Å²) in [5.74, 6) is -3.42. The number of ketones is 2. The number of ether oxygens (including phenoxy) is 2. The van der Waals surface area contributed by atoms with Gasteiger partial charge in [-0.15, -0.1) is 0 Å². The van der Waals surface area contributed by atoms with Crippen molar-refractivity contribution in [1.82, 2.24) is 14.7 Å². The number of likely N-dealkylation sites (N-methyl/N-ethyl adjacent to an activating group) is 2. The van der Waals surface area contributed by atoms with Crippen molar-refractivity contribution >= 4 is 29.4 Å². The van der Waals surface area contributed by atoms with Crippen LogP contribution in [0.1, 0.15) is 125 Å². The smallest absolute Gasteiger partial charge is 0.307 e. The molecule has 0 unspecified atom stereocenters. The Bertz CT molecular complexity index is 1420. The first-order valence-corrected chi connectivity index (χ1v) is 22.1. The van der Waals surface area contributed by atoms with Gasteiger partial charge in [-0.3, -0.25) is 28.9 Å². The predicted octanol–water partition coefficient (Wildman–Crippen LogP) is 7.58. The molecule has 1 fully saturated rings. The number of hydrogen-bond donors (Lipinski definition) is 1. The summed E-state index contributed by atoms with van der Waals surface area (Å²) in [5, 5.41) is 9.98. The number of hydrogen-bond acceptors (Lipinski definition) is 8. The summed E-state index contributed by atoms with van der Waals surface area (Å²) < 4.78 is 12.0. The lowest BCUT2D eigenvalue weighted by Crippen LogP contribution is -2.54. The van der Waals surface area contributed by atoms with Crippen LogP contribution in [0, 0.1) is 35.5 Å². The second-order valence-electron chi connectivity index (χ2n) is 17.7. The predicted molar refractivity (Wildman–Crippen MR) is 230 cm³/mol. The normalized spacial score (nSPS) is 18.7. The first kappa shape index (κ1) is 51.0. The highest BCUT2D eigenvalue weighted by Crippen LogP contribution is 2.32. The zero-order valence-corrected chi connectivity index (χ0v) is 38.1. The molecule has 1 aliphatic rings. The van der Waals surface area contributed by atoms with E-state index in [1.54, 1.807) is 30.9 Å². The number of rotatable bonds is 28. The molecule has 0 saturated carbocycles. The van der Waals surface area contributed by atoms with Gasteiger partial charge in [0.05, 0.1) is 42.7 Å². The molecule has 0 radical (unpaired) electrons. The summed E-state index contributed by atoms with van der Waals surface area (Å²) in [6.07, 6.45) is 5.69. The minimum absolute atomic E-state index is 0.00955. The molecule has 9 atom stereocenters. The van der Waals surface area contributed by atoms with E-state index >= 15 is 0 Å². The Hall–Kier alpha value is -3.15. The molecule has 11 nitrogen and oxygen atoms in total. The zero-order valence-electron chi connectivity index (χ0n) is 38.1. The Morgan fingerprint density at radius 3 is 2.03 bits per heavy atom. The van der Waals surface area contributed by atoms with Gasteiger partial charge in [0, 0.05) is 52.5 Å². The molecule has 0 spiro atoms. The SMILES string of the molecule is CCCCCCN(C)[C@H](C(=O)C[C@H](C(=O)N(C)[C@@H]([C@@H](C)CC)[C@@H](CC(=O)N1CCC[C@H]1[C@H](OC)[C@@H](C)C(=O)C[C@@H](Cc1ccccc1)C(=O)O)OC)C(C)C)C(C)C. The number of methoxy groups -OCH3 is 2. The van der Waals surface area contributed by atoms with E-state index in [9.17, 15) is 29.1 Å². The van der Waals surface area contributed by atoms with Gasteiger partial charge in [0.1, 0.15) is 5.78 Å². The summed E-state index contributed by atoms with van der Waals surface area (Å²) in [4.78, 5) is 74.4. The average Bonchev–Trinajstić information content (AvgIpc) is 3.67. The molecule has 2 amide bonds. The molecule has 330 valence electrons. The van der Waals surface area contributed by atoms with Crippen molar-refractivity contribution in [1.29, 1.82) is 0 Å². The van der Waals surface area contributed by atoms with Crippen LogP contribution in [-0.2, 0) is 39.9 Å². The minimum Gasteiger partial charge on any atom is -0.481 e. The lowest BCUT2D eigenvalue weighted by molar-refractivity contribution is -0.149. The van der Waals surface area contributed by atoms with Crippen LogP contribution in [0.2, 0.25) is 0 Å². The molecule has 2 rings (SSSR count). The zero-order chi connectivity index (χ0) is 43.7. The van der Waals surface area contributed by atoms with Gasteiger partial charge in [0.15, 0.2) is 5.78 Å². The second-order valence-corrected chi connectivity index (χ2v) is 17.7. The Balaban J connectivity index is 2.26. The van der Waals surface area contributed by atoms with Gasteiger partial charge >= 0.3 is 5.97 Å². The molecule has 0 aliphatic carbocycles. The van der Waals surface area contributed by atoms with Crippen LogP contribution < -0.4 is 0 Å². The number of nitrogens with zero attached hydrogens (tertiary/aromatic N) is 3. The molecule has 1 aromatic rings. The quantitative estimate of drug-likeness (QED) is 0.0851. The largest absolute Gasteiger partial charge is 0.481 e. The number of Topliss-reactive ketones (excluding diaryl/α,β-unsaturated/α-hetero) is 2. The number of aliphatic carboxylic acids is 1. The van der Waals surface area contributed by atoms with Crippen LogP contribution in [0.3, 0.4) is 0 Å². The molecule has 1 heterocycles. The van der Waals surface area contributed by atoms with E-state index in [4.69, 9.17) is 9.47 Å². The molecule has 0 bridgehead atoms. The molecule has 1 aromatic carbocycles. The van der Waals surface area contributed by atoms with Gasteiger partial charge in [-0.1, -0.05) is 111 Å². The maximum absolute atomic E-state index is 14.5. The number of carboxylic acids is 1. The Morgan fingerprint density at radius 1 is 0.845 bits per heavy atom. The van der Waals surface area contributed by atoms with Gasteiger partial charge in [0.2, 0.25) is 11.8 Å². The molecular weight excluding hydrogens is 735 g/mol. The number of carboxylic acid groups (broad SMARTS) is 1. The fraction of sp³-hybridized carbons (Fsp3) is 0.766. The Labute approximate surface area is 350 Å². The van der Waals surface area contributed by atoms with Crippen molar-refractivity contribution in [3.63, 3.8) is 0 Å². The van der Waals surface area contributed by atoms with Gasteiger partial charge in [-0.05, 0) is 62.6 Å². The van der Waals surface area contributed by atoms with E-state index in [2.05, 4.69) is 39.5 Å². The van der Waals surface area contributed by atoms with E-state index < -0.39 is 42.0 Å². The van der Waals surface area contributed by atoms with Crippen molar-refractivity contribution in [2.45, 2.75) is 156 Å². The number of carbonyl (C=O) groups is 5. The van der Waals surface area contributed by atoms with Gasteiger partial charge < -0.3 is 24.4 Å². The number of likely N-dealkylation sites (tertiary alicyclic amines) is 1. The third kappa shape index (κ3) is 14.5. The van der Waals surface area contributed by atoms with Crippen LogP contribution in [-0.4, -0.2) is 121 Å². The number of carbonyl (C=O) groups excluding carboxylic acids is 4. The molecular formula is C47H79N3O8. The summed E-state index contributed by atoms with van der Waals surface area (Å²) in [6.45, 7) is 17.5. The van der Waals surface area contributed by atoms with Crippen molar-refractivity contribution in [2.75, 3.05) is 41.4 Å². The summed E-state index contributed by atoms with van der Waals surface area (Å²) in [5.41, 5.74) is 0.853. The van der Waals surface area contributed by atoms with E-state index in [1.165, 1.54) is 13.5 Å². The maximum Gasteiger partial charge on any atom is 0.307 e. The third-order valence-electron chi connectivity index (χ3n) is 12.8. The average molecular weight is 814 g/mol. The van der Waals surface area contributed by atoms with Gasteiger partial charge in [0.25, 0.3) is 0 Å². The van der Waals surface area contributed by atoms with Crippen LogP contribution >= 0.6 is 0 Å². The molecule has 11 heteroatoms. The van der Waals surface area contributed by atoms with Crippen molar-refractivity contribution in [3.8, 4) is 0 Å². The van der Waals surface area contributed by atoms with Crippen LogP contribution in [0.25, 0.3) is 0 Å². The third-order valence-corrected chi connectivity index (χ3v) is 12.8. The van der Waals surface area contributed by atoms with Crippen LogP contribution in [0.4, 0.5) is 0 Å². The fourth-order valence-electron chi connectivity index (χ4n) is 9.18. The molecule has 0 aromatic heterocycles. The first-order chi connectivity index (χ1) is 27.4.